The smallest absolute Gasteiger partial charge is 0.308 e. The second kappa shape index (κ2) is 10.2. The van der Waals surface area contributed by atoms with Crippen LogP contribution in [0.25, 0.3) is 0 Å². The predicted molar refractivity (Wildman–Crippen MR) is 108 cm³/mol. The summed E-state index contributed by atoms with van der Waals surface area (Å²) in [6.07, 6.45) is 0.0505. The van der Waals surface area contributed by atoms with Gasteiger partial charge in [0.25, 0.3) is 5.91 Å². The lowest BCUT2D eigenvalue weighted by Crippen LogP contribution is -2.30. The molecule has 3 rings (SSSR count). The van der Waals surface area contributed by atoms with Gasteiger partial charge in [-0.1, -0.05) is 35.5 Å². The minimum atomic E-state index is -0.491. The molecule has 8 heteroatoms. The topological polar surface area (TPSA) is 104 Å². The molecule has 0 aliphatic carbocycles. The number of carbonyl (C=O) groups excluding carboxylic acids is 2. The molecular formula is C22H23N3O5. The minimum Gasteiger partial charge on any atom is -0.485 e. The molecule has 0 saturated carbocycles. The Bertz CT molecular complexity index is 970. The van der Waals surface area contributed by atoms with E-state index >= 15 is 0 Å². The molecule has 0 bridgehead atoms. The van der Waals surface area contributed by atoms with Crippen molar-refractivity contribution in [3.8, 4) is 5.75 Å². The molecule has 0 radical (unpaired) electrons. The Hall–Kier alpha value is -3.68. The number of rotatable bonds is 9. The fourth-order valence-corrected chi connectivity index (χ4v) is 2.82. The van der Waals surface area contributed by atoms with E-state index in [9.17, 15) is 9.59 Å². The van der Waals surface area contributed by atoms with Crippen LogP contribution >= 0.6 is 0 Å². The van der Waals surface area contributed by atoms with Crippen molar-refractivity contribution in [2.24, 2.45) is 0 Å². The average molecular weight is 409 g/mol. The van der Waals surface area contributed by atoms with Gasteiger partial charge in [-0.15, -0.1) is 0 Å². The van der Waals surface area contributed by atoms with Gasteiger partial charge in [-0.3, -0.25) is 9.59 Å². The van der Waals surface area contributed by atoms with E-state index in [-0.39, 0.29) is 24.9 Å². The van der Waals surface area contributed by atoms with Crippen LogP contribution in [0.15, 0.2) is 59.1 Å². The number of carbonyl (C=O) groups is 2. The fraction of sp³-hybridized carbons (Fsp3) is 0.273. The highest BCUT2D eigenvalue weighted by atomic mass is 16.5. The fourth-order valence-electron chi connectivity index (χ4n) is 2.82. The molecule has 3 aromatic rings. The molecule has 1 atom stereocenters. The monoisotopic (exact) mass is 409 g/mol. The van der Waals surface area contributed by atoms with E-state index in [0.717, 1.165) is 5.56 Å². The largest absolute Gasteiger partial charge is 0.485 e. The number of esters is 1. The zero-order valence-corrected chi connectivity index (χ0v) is 16.8. The van der Waals surface area contributed by atoms with Gasteiger partial charge in [0, 0.05) is 12.5 Å². The lowest BCUT2D eigenvalue weighted by atomic mass is 10.0. The van der Waals surface area contributed by atoms with E-state index < -0.39 is 6.04 Å². The third-order valence-electron chi connectivity index (χ3n) is 4.24. The summed E-state index contributed by atoms with van der Waals surface area (Å²) in [4.78, 5) is 28.8. The van der Waals surface area contributed by atoms with Crippen molar-refractivity contribution in [2.45, 2.75) is 32.9 Å². The van der Waals surface area contributed by atoms with Crippen LogP contribution < -0.4 is 10.1 Å². The Morgan fingerprint density at radius 1 is 1.10 bits per heavy atom. The average Bonchev–Trinajstić information content (AvgIpc) is 3.18. The number of aromatic nitrogens is 2. The van der Waals surface area contributed by atoms with E-state index in [1.807, 2.05) is 30.3 Å². The molecule has 30 heavy (non-hydrogen) atoms. The molecule has 0 spiro atoms. The van der Waals surface area contributed by atoms with Crippen molar-refractivity contribution in [1.82, 2.24) is 15.5 Å². The first kappa shape index (κ1) is 21.0. The molecule has 1 heterocycles. The Labute approximate surface area is 174 Å². The van der Waals surface area contributed by atoms with E-state index in [1.54, 1.807) is 38.1 Å². The van der Waals surface area contributed by atoms with Gasteiger partial charge in [0.15, 0.2) is 6.61 Å². The van der Waals surface area contributed by atoms with Crippen molar-refractivity contribution < 1.29 is 23.6 Å². The van der Waals surface area contributed by atoms with Crippen LogP contribution in [0.2, 0.25) is 0 Å². The number of nitrogens with one attached hydrogen (secondary N) is 1. The highest BCUT2D eigenvalue weighted by molar-refractivity contribution is 5.94. The summed E-state index contributed by atoms with van der Waals surface area (Å²) in [5, 5.41) is 6.67. The zero-order valence-electron chi connectivity index (χ0n) is 16.8. The Balaban J connectivity index is 1.63. The first-order chi connectivity index (χ1) is 14.5. The van der Waals surface area contributed by atoms with Crippen molar-refractivity contribution in [2.75, 3.05) is 6.61 Å². The van der Waals surface area contributed by atoms with Crippen LogP contribution in [0.3, 0.4) is 0 Å². The van der Waals surface area contributed by atoms with Gasteiger partial charge in [-0.2, -0.15) is 4.98 Å². The summed E-state index contributed by atoms with van der Waals surface area (Å²) >= 11 is 0. The van der Waals surface area contributed by atoms with Gasteiger partial charge in [0.1, 0.15) is 5.75 Å². The zero-order chi connectivity index (χ0) is 21.3. The molecule has 8 nitrogen and oxygen atoms in total. The number of nitrogens with zero attached hydrogens (tertiary/aromatic N) is 2. The van der Waals surface area contributed by atoms with Crippen molar-refractivity contribution in [3.05, 3.63) is 77.4 Å². The van der Waals surface area contributed by atoms with Crippen LogP contribution in [-0.4, -0.2) is 28.6 Å². The molecule has 1 aromatic heterocycles. The van der Waals surface area contributed by atoms with Crippen LogP contribution in [-0.2, 0) is 16.1 Å². The summed E-state index contributed by atoms with van der Waals surface area (Å²) < 4.78 is 15.5. The van der Waals surface area contributed by atoms with Gasteiger partial charge in [0.05, 0.1) is 19.1 Å². The third-order valence-corrected chi connectivity index (χ3v) is 4.24. The highest BCUT2D eigenvalue weighted by Crippen LogP contribution is 2.19. The summed E-state index contributed by atoms with van der Waals surface area (Å²) in [5.74, 6) is 0.816. The minimum absolute atomic E-state index is 0.0505. The molecule has 1 amide bonds. The maximum absolute atomic E-state index is 12.7. The standard InChI is InChI=1S/C22H23N3O5/c1-3-28-21(26)13-19(16-7-5-4-6-8-16)24-22(27)17-9-11-18(12-10-17)29-14-20-23-15(2)30-25-20/h4-12,19H,3,13-14H2,1-2H3,(H,24,27). The number of benzene rings is 2. The first-order valence-electron chi connectivity index (χ1n) is 9.58. The molecule has 0 aliphatic heterocycles. The first-order valence-corrected chi connectivity index (χ1v) is 9.58. The molecule has 1 unspecified atom stereocenters. The van der Waals surface area contributed by atoms with Crippen molar-refractivity contribution >= 4 is 11.9 Å². The number of aryl methyl sites for hydroxylation is 1. The Morgan fingerprint density at radius 2 is 1.83 bits per heavy atom. The number of ether oxygens (including phenoxy) is 2. The summed E-state index contributed by atoms with van der Waals surface area (Å²) in [7, 11) is 0. The Kier molecular flexibility index (Phi) is 7.15. The predicted octanol–water partition coefficient (Wildman–Crippen LogP) is 3.38. The maximum atomic E-state index is 12.7. The number of hydrogen-bond donors (Lipinski definition) is 1. The molecule has 2 aromatic carbocycles. The molecule has 0 saturated heterocycles. The summed E-state index contributed by atoms with van der Waals surface area (Å²) in [6, 6.07) is 15.5. The van der Waals surface area contributed by atoms with Gasteiger partial charge < -0.3 is 19.3 Å². The van der Waals surface area contributed by atoms with Gasteiger partial charge in [-0.25, -0.2) is 0 Å². The third kappa shape index (κ3) is 5.91. The van der Waals surface area contributed by atoms with Crippen LogP contribution in [0.1, 0.15) is 47.0 Å². The van der Waals surface area contributed by atoms with Crippen LogP contribution in [0, 0.1) is 6.92 Å². The SMILES string of the molecule is CCOC(=O)CC(NC(=O)c1ccc(OCc2noc(C)n2)cc1)c1ccccc1. The van der Waals surface area contributed by atoms with Crippen LogP contribution in [0.5, 0.6) is 5.75 Å². The normalized spacial score (nSPS) is 11.5. The number of amides is 1. The lowest BCUT2D eigenvalue weighted by molar-refractivity contribution is -0.143. The number of hydrogen-bond acceptors (Lipinski definition) is 7. The van der Waals surface area contributed by atoms with Crippen LogP contribution in [0.4, 0.5) is 0 Å². The van der Waals surface area contributed by atoms with Crippen molar-refractivity contribution in [3.63, 3.8) is 0 Å². The van der Waals surface area contributed by atoms with E-state index in [0.29, 0.717) is 29.6 Å². The quantitative estimate of drug-likeness (QED) is 0.540. The Morgan fingerprint density at radius 3 is 2.47 bits per heavy atom. The molecule has 156 valence electrons. The molecule has 0 aliphatic rings. The second-order valence-electron chi connectivity index (χ2n) is 6.49. The van der Waals surface area contributed by atoms with E-state index in [1.165, 1.54) is 0 Å². The lowest BCUT2D eigenvalue weighted by Gasteiger charge is -2.18. The highest BCUT2D eigenvalue weighted by Gasteiger charge is 2.20. The molecule has 0 fully saturated rings. The van der Waals surface area contributed by atoms with E-state index in [2.05, 4.69) is 15.5 Å². The summed E-state index contributed by atoms with van der Waals surface area (Å²) in [6.45, 7) is 3.91. The summed E-state index contributed by atoms with van der Waals surface area (Å²) in [5.41, 5.74) is 1.27. The second-order valence-corrected chi connectivity index (χ2v) is 6.49. The van der Waals surface area contributed by atoms with Crippen molar-refractivity contribution in [1.29, 1.82) is 0 Å². The molecular weight excluding hydrogens is 386 g/mol. The van der Waals surface area contributed by atoms with Gasteiger partial charge >= 0.3 is 5.97 Å². The van der Waals surface area contributed by atoms with Gasteiger partial charge in [0.2, 0.25) is 11.7 Å². The van der Waals surface area contributed by atoms with Gasteiger partial charge in [-0.05, 0) is 36.8 Å². The van der Waals surface area contributed by atoms with E-state index in [4.69, 9.17) is 14.0 Å². The maximum Gasteiger partial charge on any atom is 0.308 e. The molecule has 1 N–H and O–H groups in total.